The highest BCUT2D eigenvalue weighted by Crippen LogP contribution is 2.31. The number of carbonyl (C=O) groups excluding carboxylic acids is 1. The van der Waals surface area contributed by atoms with Gasteiger partial charge in [0.05, 0.1) is 17.0 Å². The number of thiophene rings is 1. The molecular weight excluding hydrogens is 287 g/mol. The van der Waals surface area contributed by atoms with E-state index in [0.29, 0.717) is 8.67 Å². The molecule has 2 heterocycles. The molecule has 90 valence electrons. The summed E-state index contributed by atoms with van der Waals surface area (Å²) in [5.74, 6) is -0.248. The number of halogens is 2. The van der Waals surface area contributed by atoms with Gasteiger partial charge in [-0.25, -0.2) is 5.10 Å². The van der Waals surface area contributed by atoms with Gasteiger partial charge in [-0.05, 0) is 6.07 Å². The zero-order chi connectivity index (χ0) is 12.4. The highest BCUT2D eigenvalue weighted by Gasteiger charge is 2.15. The van der Waals surface area contributed by atoms with Crippen LogP contribution in [0.3, 0.4) is 0 Å². The van der Waals surface area contributed by atoms with Crippen molar-refractivity contribution in [1.29, 1.82) is 0 Å². The summed E-state index contributed by atoms with van der Waals surface area (Å²) in [4.78, 5) is 15.6. The van der Waals surface area contributed by atoms with E-state index in [-0.39, 0.29) is 17.5 Å². The first-order valence-corrected chi connectivity index (χ1v) is 5.90. The molecule has 2 rings (SSSR count). The Morgan fingerprint density at radius 1 is 1.59 bits per heavy atom. The van der Waals surface area contributed by atoms with Crippen LogP contribution < -0.4 is 10.1 Å². The van der Waals surface area contributed by atoms with E-state index < -0.39 is 5.91 Å². The Bertz CT molecular complexity index is 553. The molecule has 6 nitrogen and oxygen atoms in total. The smallest absolute Gasteiger partial charge is 0.336 e. The lowest BCUT2D eigenvalue weighted by Gasteiger charge is -1.98. The molecular formula is C8H6Cl2N4O2S. The molecule has 17 heavy (non-hydrogen) atoms. The van der Waals surface area contributed by atoms with Crippen molar-refractivity contribution in [1.82, 2.24) is 15.2 Å². The first-order chi connectivity index (χ1) is 8.10. The van der Waals surface area contributed by atoms with Crippen molar-refractivity contribution in [2.24, 2.45) is 0 Å². The summed E-state index contributed by atoms with van der Waals surface area (Å²) in [6.07, 6.45) is 0. The van der Waals surface area contributed by atoms with Crippen LogP contribution in [-0.4, -0.2) is 28.2 Å². The van der Waals surface area contributed by atoms with Gasteiger partial charge in [0.25, 0.3) is 5.91 Å². The van der Waals surface area contributed by atoms with E-state index in [1.165, 1.54) is 13.2 Å². The number of aromatic amines is 1. The first kappa shape index (κ1) is 12.2. The molecule has 2 aromatic rings. The Morgan fingerprint density at radius 2 is 2.35 bits per heavy atom. The van der Waals surface area contributed by atoms with Crippen molar-refractivity contribution < 1.29 is 9.53 Å². The average Bonchev–Trinajstić information content (AvgIpc) is 2.85. The van der Waals surface area contributed by atoms with Gasteiger partial charge in [-0.1, -0.05) is 23.2 Å². The second kappa shape index (κ2) is 4.91. The third kappa shape index (κ3) is 2.68. The number of amides is 1. The van der Waals surface area contributed by atoms with Gasteiger partial charge in [-0.3, -0.25) is 10.1 Å². The van der Waals surface area contributed by atoms with Gasteiger partial charge < -0.3 is 4.74 Å². The second-order valence-electron chi connectivity index (χ2n) is 2.86. The molecule has 0 aliphatic heterocycles. The summed E-state index contributed by atoms with van der Waals surface area (Å²) in [6.45, 7) is 0. The van der Waals surface area contributed by atoms with Crippen LogP contribution in [0.15, 0.2) is 6.07 Å². The van der Waals surface area contributed by atoms with E-state index in [1.54, 1.807) is 0 Å². The molecule has 0 atom stereocenters. The molecule has 9 heteroatoms. The average molecular weight is 293 g/mol. The number of hydrogen-bond donors (Lipinski definition) is 2. The zero-order valence-corrected chi connectivity index (χ0v) is 10.8. The van der Waals surface area contributed by atoms with E-state index in [0.717, 1.165) is 11.3 Å². The lowest BCUT2D eigenvalue weighted by atomic mass is 10.3. The Labute approximate surface area is 110 Å². The number of methoxy groups -OCH3 is 1. The van der Waals surface area contributed by atoms with E-state index in [1.807, 2.05) is 0 Å². The van der Waals surface area contributed by atoms with E-state index in [9.17, 15) is 4.79 Å². The predicted molar refractivity (Wildman–Crippen MR) is 65.2 cm³/mol. The molecule has 0 spiro atoms. The number of carbonyl (C=O) groups is 1. The number of nitrogens with zero attached hydrogens (tertiary/aromatic N) is 2. The van der Waals surface area contributed by atoms with Gasteiger partial charge in [0.2, 0.25) is 5.95 Å². The summed E-state index contributed by atoms with van der Waals surface area (Å²) in [6, 6.07) is 1.62. The van der Waals surface area contributed by atoms with Crippen molar-refractivity contribution in [2.75, 3.05) is 12.4 Å². The van der Waals surface area contributed by atoms with E-state index in [2.05, 4.69) is 20.5 Å². The van der Waals surface area contributed by atoms with Crippen molar-refractivity contribution in [2.45, 2.75) is 0 Å². The van der Waals surface area contributed by atoms with Gasteiger partial charge in [0.1, 0.15) is 4.34 Å². The molecule has 0 radical (unpaired) electrons. The third-order valence-electron chi connectivity index (χ3n) is 1.78. The van der Waals surface area contributed by atoms with Crippen LogP contribution in [0.1, 0.15) is 10.4 Å². The van der Waals surface area contributed by atoms with Crippen molar-refractivity contribution in [3.05, 3.63) is 20.3 Å². The second-order valence-corrected chi connectivity index (χ2v) is 5.15. The maximum Gasteiger partial charge on any atom is 0.336 e. The monoisotopic (exact) mass is 292 g/mol. The summed E-state index contributed by atoms with van der Waals surface area (Å²) in [7, 11) is 1.42. The number of ether oxygens (including phenoxy) is 1. The highest BCUT2D eigenvalue weighted by atomic mass is 35.5. The minimum atomic E-state index is -0.419. The van der Waals surface area contributed by atoms with Gasteiger partial charge in [-0.15, -0.1) is 16.4 Å². The molecule has 0 saturated heterocycles. The van der Waals surface area contributed by atoms with Crippen molar-refractivity contribution in [3.8, 4) is 6.01 Å². The highest BCUT2D eigenvalue weighted by molar-refractivity contribution is 7.20. The molecule has 0 bridgehead atoms. The molecule has 2 N–H and O–H groups in total. The fraction of sp³-hybridized carbons (Fsp3) is 0.125. The van der Waals surface area contributed by atoms with Crippen LogP contribution in [0.2, 0.25) is 8.67 Å². The zero-order valence-electron chi connectivity index (χ0n) is 8.45. The number of rotatable bonds is 3. The molecule has 0 saturated carbocycles. The molecule has 0 aliphatic rings. The van der Waals surface area contributed by atoms with Gasteiger partial charge in [0, 0.05) is 0 Å². The number of anilines is 1. The van der Waals surface area contributed by atoms with Crippen LogP contribution in [0.5, 0.6) is 6.01 Å². The fourth-order valence-electron chi connectivity index (χ4n) is 1.06. The van der Waals surface area contributed by atoms with Crippen LogP contribution in [0.4, 0.5) is 5.95 Å². The summed E-state index contributed by atoms with van der Waals surface area (Å²) in [5, 5.41) is 8.65. The molecule has 0 unspecified atom stereocenters. The molecule has 1 amide bonds. The molecule has 2 aromatic heterocycles. The third-order valence-corrected chi connectivity index (χ3v) is 3.27. The van der Waals surface area contributed by atoms with Crippen molar-refractivity contribution in [3.63, 3.8) is 0 Å². The van der Waals surface area contributed by atoms with Crippen LogP contribution in [0, 0.1) is 0 Å². The fourth-order valence-corrected chi connectivity index (χ4v) is 2.52. The Hall–Kier alpha value is -1.31. The SMILES string of the molecule is COc1n[nH]c(NC(=O)c2cc(Cl)sc2Cl)n1. The maximum atomic E-state index is 11.8. The maximum absolute atomic E-state index is 11.8. The lowest BCUT2D eigenvalue weighted by Crippen LogP contribution is -2.12. The summed E-state index contributed by atoms with van der Waals surface area (Å²) in [5.41, 5.74) is 0.289. The Morgan fingerprint density at radius 3 is 2.88 bits per heavy atom. The quantitative estimate of drug-likeness (QED) is 0.910. The number of aromatic nitrogens is 3. The normalized spacial score (nSPS) is 10.3. The van der Waals surface area contributed by atoms with E-state index in [4.69, 9.17) is 27.9 Å². The lowest BCUT2D eigenvalue weighted by molar-refractivity contribution is 0.102. The van der Waals surface area contributed by atoms with Crippen LogP contribution in [-0.2, 0) is 0 Å². The van der Waals surface area contributed by atoms with Crippen LogP contribution >= 0.6 is 34.5 Å². The van der Waals surface area contributed by atoms with Crippen molar-refractivity contribution >= 4 is 46.4 Å². The van der Waals surface area contributed by atoms with Gasteiger partial charge >= 0.3 is 6.01 Å². The minimum Gasteiger partial charge on any atom is -0.466 e. The number of hydrogen-bond acceptors (Lipinski definition) is 5. The Balaban J connectivity index is 2.14. The largest absolute Gasteiger partial charge is 0.466 e. The minimum absolute atomic E-state index is 0.134. The van der Waals surface area contributed by atoms with Crippen LogP contribution in [0.25, 0.3) is 0 Å². The topological polar surface area (TPSA) is 79.9 Å². The van der Waals surface area contributed by atoms with E-state index >= 15 is 0 Å². The Kier molecular flexibility index (Phi) is 3.51. The molecule has 0 aliphatic carbocycles. The summed E-state index contributed by atoms with van der Waals surface area (Å²) < 4.78 is 5.52. The predicted octanol–water partition coefficient (Wildman–Crippen LogP) is 2.43. The van der Waals surface area contributed by atoms with Gasteiger partial charge in [0.15, 0.2) is 0 Å². The first-order valence-electron chi connectivity index (χ1n) is 4.32. The summed E-state index contributed by atoms with van der Waals surface area (Å²) >= 11 is 12.7. The number of nitrogens with one attached hydrogen (secondary N) is 2. The molecule has 0 aromatic carbocycles. The standard InChI is InChI=1S/C8H6Cl2N4O2S/c1-16-8-12-7(13-14-8)11-6(15)3-2-4(9)17-5(3)10/h2H,1H3,(H2,11,12,13,14,15). The molecule has 0 fully saturated rings. The van der Waals surface area contributed by atoms with Gasteiger partial charge in [-0.2, -0.15) is 4.98 Å². The number of H-pyrrole nitrogens is 1.